The first-order chi connectivity index (χ1) is 11.2. The smallest absolute Gasteiger partial charge is 0.242 e. The van der Waals surface area contributed by atoms with Gasteiger partial charge in [-0.2, -0.15) is 0 Å². The Balaban J connectivity index is 1.69. The van der Waals surface area contributed by atoms with Crippen LogP contribution < -0.4 is 5.32 Å². The predicted octanol–water partition coefficient (Wildman–Crippen LogP) is 2.61. The van der Waals surface area contributed by atoms with Crippen molar-refractivity contribution in [2.24, 2.45) is 0 Å². The van der Waals surface area contributed by atoms with E-state index in [4.69, 9.17) is 0 Å². The number of para-hydroxylation sites is 1. The summed E-state index contributed by atoms with van der Waals surface area (Å²) in [5, 5.41) is 3.22. The topological polar surface area (TPSA) is 35.6 Å². The maximum absolute atomic E-state index is 12.7. The Bertz CT molecular complexity index is 630. The molecule has 1 saturated heterocycles. The third-order valence-electron chi connectivity index (χ3n) is 4.31. The second-order valence-corrected chi connectivity index (χ2v) is 6.00. The van der Waals surface area contributed by atoms with Crippen LogP contribution in [0.5, 0.6) is 0 Å². The molecule has 3 rings (SSSR count). The number of hydrogen-bond acceptors (Lipinski definition) is 3. The number of likely N-dealkylation sites (N-methyl/N-ethyl adjacent to an activating group) is 1. The van der Waals surface area contributed by atoms with Gasteiger partial charge < -0.3 is 15.1 Å². The standard InChI is InChI=1S/C19H23N3O/c1-21-12-13-22(18(15-21)16-8-4-2-5-9-16)19(23)14-20-17-10-6-3-7-11-17/h2-11,18,20H,12-15H2,1H3. The lowest BCUT2D eigenvalue weighted by molar-refractivity contribution is -0.134. The van der Waals surface area contributed by atoms with Gasteiger partial charge in [0.15, 0.2) is 0 Å². The number of anilines is 1. The van der Waals surface area contributed by atoms with Crippen molar-refractivity contribution >= 4 is 11.6 Å². The van der Waals surface area contributed by atoms with Crippen molar-refractivity contribution in [3.63, 3.8) is 0 Å². The quantitative estimate of drug-likeness (QED) is 0.943. The number of nitrogens with one attached hydrogen (secondary N) is 1. The van der Waals surface area contributed by atoms with Crippen molar-refractivity contribution in [2.45, 2.75) is 6.04 Å². The number of carbonyl (C=O) groups excluding carboxylic acids is 1. The minimum absolute atomic E-state index is 0.125. The molecule has 2 aromatic carbocycles. The van der Waals surface area contributed by atoms with Gasteiger partial charge in [-0.15, -0.1) is 0 Å². The van der Waals surface area contributed by atoms with E-state index in [1.54, 1.807) is 0 Å². The summed E-state index contributed by atoms with van der Waals surface area (Å²) in [4.78, 5) is 17.0. The van der Waals surface area contributed by atoms with Crippen LogP contribution in [0.1, 0.15) is 11.6 Å². The molecule has 4 heteroatoms. The van der Waals surface area contributed by atoms with Crippen LogP contribution in [-0.4, -0.2) is 48.9 Å². The number of benzene rings is 2. The Hall–Kier alpha value is -2.33. The summed E-state index contributed by atoms with van der Waals surface area (Å²) in [5.74, 6) is 0.149. The molecule has 1 fully saturated rings. The van der Waals surface area contributed by atoms with E-state index < -0.39 is 0 Å². The van der Waals surface area contributed by atoms with Gasteiger partial charge in [0.1, 0.15) is 0 Å². The first-order valence-corrected chi connectivity index (χ1v) is 8.06. The van der Waals surface area contributed by atoms with Gasteiger partial charge >= 0.3 is 0 Å². The molecule has 2 aromatic rings. The lowest BCUT2D eigenvalue weighted by Gasteiger charge is -2.40. The Labute approximate surface area is 137 Å². The summed E-state index contributed by atoms with van der Waals surface area (Å²) in [6, 6.07) is 20.3. The summed E-state index contributed by atoms with van der Waals surface area (Å²) < 4.78 is 0. The van der Waals surface area contributed by atoms with Crippen molar-refractivity contribution in [2.75, 3.05) is 38.5 Å². The average molecular weight is 309 g/mol. The average Bonchev–Trinajstić information content (AvgIpc) is 2.61. The highest BCUT2D eigenvalue weighted by Crippen LogP contribution is 2.24. The van der Waals surface area contributed by atoms with Crippen molar-refractivity contribution in [3.05, 3.63) is 66.2 Å². The van der Waals surface area contributed by atoms with Crippen LogP contribution in [0, 0.1) is 0 Å². The summed E-state index contributed by atoms with van der Waals surface area (Å²) in [6.45, 7) is 2.89. The number of carbonyl (C=O) groups is 1. The molecule has 0 spiro atoms. The van der Waals surface area contributed by atoms with Gasteiger partial charge in [0.05, 0.1) is 12.6 Å². The highest BCUT2D eigenvalue weighted by atomic mass is 16.2. The molecule has 1 N–H and O–H groups in total. The number of amides is 1. The zero-order valence-corrected chi connectivity index (χ0v) is 13.5. The van der Waals surface area contributed by atoms with E-state index in [9.17, 15) is 4.79 Å². The fourth-order valence-corrected chi connectivity index (χ4v) is 3.01. The maximum atomic E-state index is 12.7. The molecule has 0 bridgehead atoms. The van der Waals surface area contributed by atoms with Gasteiger partial charge in [0.25, 0.3) is 0 Å². The van der Waals surface area contributed by atoms with Crippen LogP contribution in [-0.2, 0) is 4.79 Å². The highest BCUT2D eigenvalue weighted by molar-refractivity contribution is 5.81. The number of nitrogens with zero attached hydrogens (tertiary/aromatic N) is 2. The Morgan fingerprint density at radius 1 is 1.04 bits per heavy atom. The molecule has 23 heavy (non-hydrogen) atoms. The van der Waals surface area contributed by atoms with Crippen LogP contribution in [0.25, 0.3) is 0 Å². The second-order valence-electron chi connectivity index (χ2n) is 6.00. The Morgan fingerprint density at radius 2 is 1.70 bits per heavy atom. The van der Waals surface area contributed by atoms with Gasteiger partial charge in [0.2, 0.25) is 5.91 Å². The third kappa shape index (κ3) is 3.90. The van der Waals surface area contributed by atoms with E-state index in [1.165, 1.54) is 5.56 Å². The molecule has 0 aliphatic carbocycles. The van der Waals surface area contributed by atoms with Gasteiger partial charge in [0, 0.05) is 25.3 Å². The molecule has 120 valence electrons. The first kappa shape index (κ1) is 15.6. The predicted molar refractivity (Wildman–Crippen MR) is 93.3 cm³/mol. The summed E-state index contributed by atoms with van der Waals surface area (Å²) >= 11 is 0. The number of hydrogen-bond donors (Lipinski definition) is 1. The zero-order valence-electron chi connectivity index (χ0n) is 13.5. The van der Waals surface area contributed by atoms with E-state index in [0.29, 0.717) is 6.54 Å². The molecule has 0 aromatic heterocycles. The molecule has 1 atom stereocenters. The molecule has 1 heterocycles. The molecule has 1 aliphatic rings. The zero-order chi connectivity index (χ0) is 16.1. The van der Waals surface area contributed by atoms with Gasteiger partial charge in [-0.3, -0.25) is 4.79 Å². The van der Waals surface area contributed by atoms with E-state index in [2.05, 4.69) is 29.4 Å². The van der Waals surface area contributed by atoms with Gasteiger partial charge in [-0.25, -0.2) is 0 Å². The summed E-state index contributed by atoms with van der Waals surface area (Å²) in [7, 11) is 2.11. The number of rotatable bonds is 4. The third-order valence-corrected chi connectivity index (χ3v) is 4.31. The Morgan fingerprint density at radius 3 is 2.39 bits per heavy atom. The fourth-order valence-electron chi connectivity index (χ4n) is 3.01. The molecule has 4 nitrogen and oxygen atoms in total. The van der Waals surface area contributed by atoms with Crippen molar-refractivity contribution in [3.8, 4) is 0 Å². The van der Waals surface area contributed by atoms with Crippen LogP contribution in [0.15, 0.2) is 60.7 Å². The minimum Gasteiger partial charge on any atom is -0.376 e. The molecule has 0 radical (unpaired) electrons. The van der Waals surface area contributed by atoms with Crippen molar-refractivity contribution in [1.29, 1.82) is 0 Å². The van der Waals surface area contributed by atoms with Crippen LogP contribution in [0.2, 0.25) is 0 Å². The minimum atomic E-state index is 0.125. The fraction of sp³-hybridized carbons (Fsp3) is 0.316. The lowest BCUT2D eigenvalue weighted by atomic mass is 10.0. The van der Waals surface area contributed by atoms with Gasteiger partial charge in [-0.1, -0.05) is 48.5 Å². The van der Waals surface area contributed by atoms with Gasteiger partial charge in [-0.05, 0) is 24.7 Å². The largest absolute Gasteiger partial charge is 0.376 e. The maximum Gasteiger partial charge on any atom is 0.242 e. The molecule has 1 amide bonds. The highest BCUT2D eigenvalue weighted by Gasteiger charge is 2.29. The van der Waals surface area contributed by atoms with Crippen molar-refractivity contribution < 1.29 is 4.79 Å². The normalized spacial score (nSPS) is 18.7. The second kappa shape index (κ2) is 7.29. The van der Waals surface area contributed by atoms with Crippen molar-refractivity contribution in [1.82, 2.24) is 9.80 Å². The molecular weight excluding hydrogens is 286 g/mol. The Kier molecular flexibility index (Phi) is 4.93. The monoisotopic (exact) mass is 309 g/mol. The number of piperazine rings is 1. The molecule has 0 saturated carbocycles. The van der Waals surface area contributed by atoms with Crippen LogP contribution in [0.4, 0.5) is 5.69 Å². The van der Waals surface area contributed by atoms with Crippen LogP contribution >= 0.6 is 0 Å². The van der Waals surface area contributed by atoms with Crippen LogP contribution in [0.3, 0.4) is 0 Å². The molecular formula is C19H23N3O. The first-order valence-electron chi connectivity index (χ1n) is 8.06. The van der Waals surface area contributed by atoms with E-state index in [1.807, 2.05) is 53.4 Å². The molecule has 1 aliphatic heterocycles. The van der Waals surface area contributed by atoms with E-state index >= 15 is 0 Å². The molecule has 1 unspecified atom stereocenters. The van der Waals surface area contributed by atoms with E-state index in [-0.39, 0.29) is 11.9 Å². The summed E-state index contributed by atoms with van der Waals surface area (Å²) in [6.07, 6.45) is 0. The summed E-state index contributed by atoms with van der Waals surface area (Å²) in [5.41, 5.74) is 2.18. The van der Waals surface area contributed by atoms with E-state index in [0.717, 1.165) is 25.3 Å². The lowest BCUT2D eigenvalue weighted by Crippen LogP contribution is -2.50. The SMILES string of the molecule is CN1CCN(C(=O)CNc2ccccc2)C(c2ccccc2)C1.